The number of cyclic esters (lactones) is 8. The normalized spacial score (nSPS) is 13.3. The van der Waals surface area contributed by atoms with Gasteiger partial charge >= 0.3 is 127 Å². The molecule has 0 aliphatic carbocycles. The summed E-state index contributed by atoms with van der Waals surface area (Å²) in [6, 6.07) is 42.4. The SMILES string of the molecule is O=C1OC(=O)c2ccc3c4c(ccc1c24)C(=O)OC3=O.O=C1OC(=O)c2ccc3c4ccc5c6c(ccc(c7ccc1c2c73)c64)C(=O)OC5=O.O=c1oc(=O)c2c1ccc1c2ccc2c(=O)oc(=O)c21.O=c1oc(=O)c2cc3c(=O)c4ccccc4c(=O)c3cc12.O=c1oc(=O)c2cc3c(=O)oc(=O)c3cc12.O=c1oc(=O)c2cc3cc4c(=O)oc(=O)c4cc3cc12. The minimum atomic E-state index is -0.824. The molecule has 0 atom stereocenters. The van der Waals surface area contributed by atoms with E-state index in [-0.39, 0.29) is 130 Å². The van der Waals surface area contributed by atoms with Crippen molar-refractivity contribution in [3.63, 3.8) is 0 Å². The van der Waals surface area contributed by atoms with Crippen molar-refractivity contribution in [1.29, 1.82) is 0 Å². The fourth-order valence-electron chi connectivity index (χ4n) is 16.8. The molecular weight excluding hydrogens is 1660 g/mol. The lowest BCUT2D eigenvalue weighted by atomic mass is 9.83. The zero-order chi connectivity index (χ0) is 88.5. The van der Waals surface area contributed by atoms with Crippen LogP contribution >= 0.6 is 0 Å². The highest BCUT2D eigenvalue weighted by molar-refractivity contribution is 6.40. The summed E-state index contributed by atoms with van der Waals surface area (Å²) in [6.07, 6.45) is 0. The molecule has 4 aliphatic rings. The van der Waals surface area contributed by atoms with E-state index in [1.165, 1.54) is 84.9 Å². The molecule has 0 bridgehead atoms. The molecule has 26 rings (SSSR count). The quantitative estimate of drug-likeness (QED) is 0.0462. The van der Waals surface area contributed by atoms with Crippen molar-refractivity contribution >= 4 is 220 Å². The van der Waals surface area contributed by atoms with Crippen molar-refractivity contribution in [2.24, 2.45) is 0 Å². The molecule has 606 valence electrons. The number of furan rings is 7. The van der Waals surface area contributed by atoms with E-state index in [4.69, 9.17) is 9.47 Å². The molecule has 15 aromatic carbocycles. The Morgan fingerprint density at radius 2 is 0.307 bits per heavy atom. The second kappa shape index (κ2) is 26.8. The maximum atomic E-state index is 12.5. The Morgan fingerprint density at radius 1 is 0.134 bits per heavy atom. The Labute approximate surface area is 685 Å². The molecule has 0 N–H and O–H groups in total. The molecule has 35 heteroatoms. The minimum Gasteiger partial charge on any atom is -0.386 e. The second-order valence-electron chi connectivity index (χ2n) is 29.0. The standard InChI is InChI=1S/C24H8O6.C16H6O5.3C14H4O6.C10H2O6/c25-21-13-5-1-9-10-2-6-15-20-16(24(28)30-23(15)27)8-4-12(18(10)20)11-3-7-14(22(26)29-21)19(13)17(9)11;17-13-7-3-1-2-4-8(7)14(18)10-6-12-11(5-9(10)13)15(19)21-16(12)20;15-11-7-1-5-2-9-10(14(18)20-13(9)17)4-6(5)3-8(7)12(16)19-11;15-11-7-3-1-5-6(10(7)14(18)19-11)2-4-8-9(5)13(17)20-12(8)16;15-11-5-1-2-6-10-8(14(18)20-12(6)16)4-3-7(9(5)10)13(17)19-11;11-7-3-1-4-6(10(14)16-8(4)12)2-5(3)9(13)15-7/h1-8H;1-6H;3*1-4H;1-2H. The van der Waals surface area contributed by atoms with Crippen molar-refractivity contribution in [2.75, 3.05) is 0 Å². The summed E-state index contributed by atoms with van der Waals surface area (Å²) in [5, 5.41) is 10.4. The second-order valence-corrected chi connectivity index (χ2v) is 29.0. The summed E-state index contributed by atoms with van der Waals surface area (Å²) in [4.78, 5) is 281. The van der Waals surface area contributed by atoms with E-state index in [1.54, 1.807) is 48.5 Å². The van der Waals surface area contributed by atoms with Gasteiger partial charge in [0.15, 0.2) is 10.9 Å². The Bertz CT molecular complexity index is 9210. The van der Waals surface area contributed by atoms with E-state index < -0.39 is 127 Å². The number of carbonyl (C=O) groups excluding carboxylic acids is 8. The van der Waals surface area contributed by atoms with Crippen LogP contribution in [0, 0.1) is 0 Å². The Morgan fingerprint density at radius 3 is 0.551 bits per heavy atom. The Kier molecular flexibility index (Phi) is 15.9. The first-order valence-corrected chi connectivity index (χ1v) is 36.9. The van der Waals surface area contributed by atoms with Gasteiger partial charge in [0.1, 0.15) is 0 Å². The van der Waals surface area contributed by atoms with Gasteiger partial charge in [-0.3, -0.25) is 9.59 Å². The van der Waals surface area contributed by atoms with Gasteiger partial charge in [0.25, 0.3) is 0 Å². The van der Waals surface area contributed by atoms with Crippen LogP contribution in [-0.4, -0.2) is 47.8 Å². The summed E-state index contributed by atoms with van der Waals surface area (Å²) in [7, 11) is 0. The summed E-state index contributed by atoms with van der Waals surface area (Å²) >= 11 is 0. The van der Waals surface area contributed by atoms with Gasteiger partial charge in [0.2, 0.25) is 0 Å². The highest BCUT2D eigenvalue weighted by atomic mass is 16.6. The van der Waals surface area contributed by atoms with Gasteiger partial charge in [0, 0.05) is 43.1 Å². The molecule has 0 saturated heterocycles. The van der Waals surface area contributed by atoms with Crippen LogP contribution in [0.3, 0.4) is 0 Å². The average Bonchev–Trinajstić information content (AvgIpc) is 0.793. The third-order valence-corrected chi connectivity index (χ3v) is 22.4. The number of benzene rings is 15. The van der Waals surface area contributed by atoms with Gasteiger partial charge in [-0.2, -0.15) is 0 Å². The van der Waals surface area contributed by atoms with Crippen LogP contribution < -0.4 is 89.6 Å². The number of carbonyl (C=O) groups is 8. The first kappa shape index (κ1) is 75.5. The highest BCUT2D eigenvalue weighted by Gasteiger charge is 2.37. The lowest BCUT2D eigenvalue weighted by Gasteiger charge is -2.22. The van der Waals surface area contributed by atoms with Gasteiger partial charge in [-0.05, 0) is 163 Å². The van der Waals surface area contributed by atoms with Crippen LogP contribution in [0.4, 0.5) is 0 Å². The summed E-state index contributed by atoms with van der Waals surface area (Å²) < 4.78 is 50.3. The van der Waals surface area contributed by atoms with Crippen molar-refractivity contribution in [3.8, 4) is 0 Å². The largest absolute Gasteiger partial charge is 0.386 e. The van der Waals surface area contributed by atoms with Crippen LogP contribution in [0.2, 0.25) is 0 Å². The maximum Gasteiger partial charge on any atom is 0.347 e. The number of hydrogen-bond acceptors (Lipinski definition) is 35. The van der Waals surface area contributed by atoms with Crippen molar-refractivity contribution in [2.45, 2.75) is 0 Å². The summed E-state index contributed by atoms with van der Waals surface area (Å²) in [6.45, 7) is 0. The van der Waals surface area contributed by atoms with E-state index in [0.29, 0.717) is 65.3 Å². The molecule has 22 aromatic rings. The van der Waals surface area contributed by atoms with Crippen molar-refractivity contribution in [3.05, 3.63) is 381 Å². The van der Waals surface area contributed by atoms with Gasteiger partial charge in [-0.25, -0.2) is 105 Å². The first-order chi connectivity index (χ1) is 60.9. The van der Waals surface area contributed by atoms with Gasteiger partial charge in [-0.1, -0.05) is 60.7 Å². The van der Waals surface area contributed by atoms with E-state index in [1.807, 2.05) is 24.3 Å². The molecule has 0 amide bonds. The molecule has 127 heavy (non-hydrogen) atoms. The van der Waals surface area contributed by atoms with Crippen LogP contribution in [-0.2, 0) is 18.9 Å². The number of hydrogen-bond donors (Lipinski definition) is 0. The first-order valence-electron chi connectivity index (χ1n) is 36.9. The smallest absolute Gasteiger partial charge is 0.347 e. The molecule has 0 spiro atoms. The number of fused-ring (bicyclic) bond motifs is 15. The molecule has 7 aromatic heterocycles. The van der Waals surface area contributed by atoms with Crippen LogP contribution in [0.1, 0.15) is 82.9 Å². The molecule has 0 radical (unpaired) electrons. The molecule has 0 saturated carbocycles. The molecule has 0 fully saturated rings. The van der Waals surface area contributed by atoms with Crippen LogP contribution in [0.5, 0.6) is 0 Å². The Balaban J connectivity index is 0.0000000939. The van der Waals surface area contributed by atoms with E-state index in [0.717, 1.165) is 44.5 Å². The number of rotatable bonds is 0. The monoisotopic (exact) mass is 1690 g/mol. The minimum absolute atomic E-state index is 0.0181. The fourth-order valence-corrected chi connectivity index (χ4v) is 16.8. The molecule has 35 nitrogen and oxygen atoms in total. The van der Waals surface area contributed by atoms with Gasteiger partial charge in [0.05, 0.1) is 120 Å². The lowest BCUT2D eigenvalue weighted by molar-refractivity contribution is 0.0366. The predicted octanol–water partition coefficient (Wildman–Crippen LogP) is 7.67. The fraction of sp³-hybridized carbons (Fsp3) is 0. The predicted molar refractivity (Wildman–Crippen MR) is 445 cm³/mol. The van der Waals surface area contributed by atoms with Crippen LogP contribution in [0.25, 0.3) is 172 Å². The van der Waals surface area contributed by atoms with E-state index in [9.17, 15) is 115 Å². The Hall–Kier alpha value is -19.0. The van der Waals surface area contributed by atoms with Gasteiger partial charge in [-0.15, -0.1) is 0 Å². The maximum absolute atomic E-state index is 12.5. The molecule has 4 aliphatic heterocycles. The molecule has 0 unspecified atom stereocenters. The topological polar surface area (TPSA) is 539 Å². The van der Waals surface area contributed by atoms with Crippen LogP contribution in [0.15, 0.2) is 277 Å². The zero-order valence-electron chi connectivity index (χ0n) is 62.5. The number of ether oxygens (including phenoxy) is 4. The molecule has 11 heterocycles. The summed E-state index contributed by atoms with van der Waals surface area (Å²) in [5.74, 6) is -5.84. The van der Waals surface area contributed by atoms with E-state index in [2.05, 4.69) is 40.4 Å². The van der Waals surface area contributed by atoms with Crippen molar-refractivity contribution in [1.82, 2.24) is 0 Å². The molecular formula is C92H28O35. The average molecular weight is 1690 g/mol. The zero-order valence-corrected chi connectivity index (χ0v) is 62.5. The lowest BCUT2D eigenvalue weighted by Crippen LogP contribution is -2.25. The summed E-state index contributed by atoms with van der Waals surface area (Å²) in [5.41, 5.74) is -9.37. The highest BCUT2D eigenvalue weighted by Crippen LogP contribution is 2.46. The third kappa shape index (κ3) is 11.0. The third-order valence-electron chi connectivity index (χ3n) is 22.4. The van der Waals surface area contributed by atoms with Gasteiger partial charge < -0.3 is 49.9 Å². The van der Waals surface area contributed by atoms with E-state index >= 15 is 0 Å². The number of esters is 8. The van der Waals surface area contributed by atoms with Crippen molar-refractivity contribution < 1.29 is 88.2 Å².